The molecular weight excluding hydrogens is 358 g/mol. The predicted molar refractivity (Wildman–Crippen MR) is 109 cm³/mol. The molecule has 0 spiro atoms. The van der Waals surface area contributed by atoms with Crippen molar-refractivity contribution in [3.8, 4) is 5.88 Å². The van der Waals surface area contributed by atoms with Gasteiger partial charge in [0.05, 0.1) is 5.39 Å². The van der Waals surface area contributed by atoms with Crippen molar-refractivity contribution in [1.29, 1.82) is 0 Å². The average Bonchev–Trinajstić information content (AvgIpc) is 2.85. The van der Waals surface area contributed by atoms with Crippen molar-refractivity contribution >= 4 is 33.1 Å². The maximum Gasteiger partial charge on any atom is 0.262 e. The van der Waals surface area contributed by atoms with E-state index in [1.807, 2.05) is 32.0 Å². The zero-order valence-electron chi connectivity index (χ0n) is 15.7. The summed E-state index contributed by atoms with van der Waals surface area (Å²) in [5, 5.41) is 3.93. The van der Waals surface area contributed by atoms with Crippen LogP contribution in [-0.2, 0) is 17.6 Å². The summed E-state index contributed by atoms with van der Waals surface area (Å²) in [6.45, 7) is 3.92. The van der Waals surface area contributed by atoms with Crippen LogP contribution in [0, 0.1) is 13.8 Å². The molecule has 6 heteroatoms. The van der Waals surface area contributed by atoms with Gasteiger partial charge in [0, 0.05) is 10.6 Å². The first kappa shape index (κ1) is 17.9. The largest absolute Gasteiger partial charge is 0.467 e. The number of carbonyl (C=O) groups is 1. The number of aryl methyl sites for hydroxylation is 4. The number of nitrogens with zero attached hydrogens (tertiary/aromatic N) is 2. The maximum atomic E-state index is 12.4. The fourth-order valence-electron chi connectivity index (χ4n) is 3.54. The van der Waals surface area contributed by atoms with Gasteiger partial charge >= 0.3 is 0 Å². The number of benzene rings is 1. The normalized spacial score (nSPS) is 13.9. The highest BCUT2D eigenvalue weighted by atomic mass is 32.1. The Morgan fingerprint density at radius 2 is 2.04 bits per heavy atom. The van der Waals surface area contributed by atoms with Gasteiger partial charge in [-0.2, -0.15) is 0 Å². The minimum atomic E-state index is -0.184. The molecule has 27 heavy (non-hydrogen) atoms. The second-order valence-electron chi connectivity index (χ2n) is 7.08. The molecule has 0 saturated carbocycles. The van der Waals surface area contributed by atoms with Crippen LogP contribution in [0.15, 0.2) is 24.5 Å². The Labute approximate surface area is 162 Å². The van der Waals surface area contributed by atoms with E-state index < -0.39 is 0 Å². The first-order valence-corrected chi connectivity index (χ1v) is 10.2. The van der Waals surface area contributed by atoms with E-state index in [1.165, 1.54) is 36.0 Å². The van der Waals surface area contributed by atoms with E-state index in [4.69, 9.17) is 4.74 Å². The summed E-state index contributed by atoms with van der Waals surface area (Å²) < 4.78 is 5.83. The summed E-state index contributed by atoms with van der Waals surface area (Å²) in [5.41, 5.74) is 4.27. The SMILES string of the molecule is Cc1ccc(C)c(NC(=O)COc2ncnc3sc4c(c23)CCCCC4)c1. The Morgan fingerprint density at radius 3 is 2.93 bits per heavy atom. The molecule has 0 bridgehead atoms. The lowest BCUT2D eigenvalue weighted by molar-refractivity contribution is -0.118. The molecule has 0 atom stereocenters. The number of hydrogen-bond donors (Lipinski definition) is 1. The number of carbonyl (C=O) groups excluding carboxylic acids is 1. The predicted octanol–water partition coefficient (Wildman–Crippen LogP) is 4.59. The molecule has 1 aromatic carbocycles. The number of ether oxygens (including phenoxy) is 1. The Kier molecular flexibility index (Phi) is 5.07. The Bertz CT molecular complexity index is 997. The van der Waals surface area contributed by atoms with Crippen LogP contribution in [-0.4, -0.2) is 22.5 Å². The molecule has 2 heterocycles. The van der Waals surface area contributed by atoms with Gasteiger partial charge in [0.15, 0.2) is 6.61 Å². The maximum absolute atomic E-state index is 12.4. The van der Waals surface area contributed by atoms with E-state index in [0.717, 1.165) is 39.9 Å². The number of aromatic nitrogens is 2. The third-order valence-electron chi connectivity index (χ3n) is 4.97. The Hall–Kier alpha value is -2.47. The molecule has 0 saturated heterocycles. The highest BCUT2D eigenvalue weighted by molar-refractivity contribution is 7.18. The molecule has 5 nitrogen and oxygen atoms in total. The number of amides is 1. The third-order valence-corrected chi connectivity index (χ3v) is 6.17. The van der Waals surface area contributed by atoms with Crippen LogP contribution in [0.4, 0.5) is 5.69 Å². The molecule has 0 unspecified atom stereocenters. The lowest BCUT2D eigenvalue weighted by atomic mass is 10.1. The van der Waals surface area contributed by atoms with Crippen molar-refractivity contribution in [2.45, 2.75) is 46.0 Å². The fourth-order valence-corrected chi connectivity index (χ4v) is 4.76. The zero-order valence-corrected chi connectivity index (χ0v) is 16.5. The van der Waals surface area contributed by atoms with Gasteiger partial charge in [0.25, 0.3) is 5.91 Å². The van der Waals surface area contributed by atoms with Gasteiger partial charge in [-0.15, -0.1) is 11.3 Å². The van der Waals surface area contributed by atoms with Gasteiger partial charge in [-0.25, -0.2) is 9.97 Å². The highest BCUT2D eigenvalue weighted by Gasteiger charge is 2.20. The Balaban J connectivity index is 1.52. The van der Waals surface area contributed by atoms with Crippen molar-refractivity contribution in [2.75, 3.05) is 11.9 Å². The van der Waals surface area contributed by atoms with Crippen molar-refractivity contribution in [3.05, 3.63) is 46.1 Å². The van der Waals surface area contributed by atoms with E-state index in [9.17, 15) is 4.79 Å². The average molecular weight is 382 g/mol. The van der Waals surface area contributed by atoms with E-state index >= 15 is 0 Å². The van der Waals surface area contributed by atoms with Gasteiger partial charge in [-0.05, 0) is 62.3 Å². The number of rotatable bonds is 4. The topological polar surface area (TPSA) is 64.1 Å². The third kappa shape index (κ3) is 3.81. The van der Waals surface area contributed by atoms with Crippen LogP contribution in [0.3, 0.4) is 0 Å². The van der Waals surface area contributed by atoms with E-state index in [-0.39, 0.29) is 12.5 Å². The van der Waals surface area contributed by atoms with Crippen molar-refractivity contribution in [2.24, 2.45) is 0 Å². The zero-order chi connectivity index (χ0) is 18.8. The fraction of sp³-hybridized carbons (Fsp3) is 0.381. The van der Waals surface area contributed by atoms with Gasteiger partial charge in [-0.1, -0.05) is 18.6 Å². The number of anilines is 1. The van der Waals surface area contributed by atoms with Crippen LogP contribution in [0.5, 0.6) is 5.88 Å². The number of nitrogens with one attached hydrogen (secondary N) is 1. The van der Waals surface area contributed by atoms with Gasteiger partial charge in [-0.3, -0.25) is 4.79 Å². The van der Waals surface area contributed by atoms with Crippen LogP contribution in [0.1, 0.15) is 40.8 Å². The molecule has 0 radical (unpaired) electrons. The van der Waals surface area contributed by atoms with Crippen LogP contribution >= 0.6 is 11.3 Å². The van der Waals surface area contributed by atoms with E-state index in [1.54, 1.807) is 11.3 Å². The minimum absolute atomic E-state index is 0.0654. The molecule has 0 aliphatic heterocycles. The van der Waals surface area contributed by atoms with E-state index in [2.05, 4.69) is 15.3 Å². The number of fused-ring (bicyclic) bond motifs is 3. The van der Waals surface area contributed by atoms with E-state index in [0.29, 0.717) is 5.88 Å². The first-order valence-electron chi connectivity index (χ1n) is 9.37. The molecular formula is C21H23N3O2S. The molecule has 4 rings (SSSR count). The molecule has 1 amide bonds. The molecule has 0 fully saturated rings. The molecule has 3 aromatic rings. The second kappa shape index (κ2) is 7.64. The minimum Gasteiger partial charge on any atom is -0.467 e. The van der Waals surface area contributed by atoms with Crippen molar-refractivity contribution in [3.63, 3.8) is 0 Å². The van der Waals surface area contributed by atoms with Gasteiger partial charge in [0.2, 0.25) is 5.88 Å². The standard InChI is InChI=1S/C21H23N3O2S/c1-13-8-9-14(2)16(10-13)24-18(25)11-26-20-19-15-6-4-3-5-7-17(15)27-21(19)23-12-22-20/h8-10,12H,3-7,11H2,1-2H3,(H,24,25). The summed E-state index contributed by atoms with van der Waals surface area (Å²) >= 11 is 1.74. The van der Waals surface area contributed by atoms with Gasteiger partial charge in [0.1, 0.15) is 11.2 Å². The first-order chi connectivity index (χ1) is 13.1. The number of thiophene rings is 1. The lowest BCUT2D eigenvalue weighted by Gasteiger charge is -2.11. The van der Waals surface area contributed by atoms with Crippen molar-refractivity contribution < 1.29 is 9.53 Å². The monoisotopic (exact) mass is 381 g/mol. The van der Waals surface area contributed by atoms with Crippen LogP contribution in [0.2, 0.25) is 0 Å². The molecule has 2 aromatic heterocycles. The number of hydrogen-bond acceptors (Lipinski definition) is 5. The smallest absolute Gasteiger partial charge is 0.262 e. The summed E-state index contributed by atoms with van der Waals surface area (Å²) in [6, 6.07) is 6.00. The molecule has 1 aliphatic rings. The van der Waals surface area contributed by atoms with Crippen LogP contribution in [0.25, 0.3) is 10.2 Å². The van der Waals surface area contributed by atoms with Gasteiger partial charge < -0.3 is 10.1 Å². The summed E-state index contributed by atoms with van der Waals surface area (Å²) in [7, 11) is 0. The lowest BCUT2D eigenvalue weighted by Crippen LogP contribution is -2.21. The Morgan fingerprint density at radius 1 is 1.19 bits per heavy atom. The summed E-state index contributed by atoms with van der Waals surface area (Å²) in [4.78, 5) is 23.5. The summed E-state index contributed by atoms with van der Waals surface area (Å²) in [6.07, 6.45) is 7.32. The van der Waals surface area contributed by atoms with Crippen molar-refractivity contribution in [1.82, 2.24) is 9.97 Å². The highest BCUT2D eigenvalue weighted by Crippen LogP contribution is 2.38. The molecule has 140 valence electrons. The van der Waals surface area contributed by atoms with Crippen LogP contribution < -0.4 is 10.1 Å². The second-order valence-corrected chi connectivity index (χ2v) is 8.16. The molecule has 1 aliphatic carbocycles. The molecule has 1 N–H and O–H groups in total. The quantitative estimate of drug-likeness (QED) is 0.671. The summed E-state index contributed by atoms with van der Waals surface area (Å²) in [5.74, 6) is 0.340.